The Kier molecular flexibility index (Phi) is 3.02. The lowest BCUT2D eigenvalue weighted by molar-refractivity contribution is 0.170. The number of hydrogen-bond donors (Lipinski definition) is 3. The minimum Gasteiger partial charge on any atom is -0.393 e. The largest absolute Gasteiger partial charge is 0.393 e. The number of rotatable bonds is 3. The summed E-state index contributed by atoms with van der Waals surface area (Å²) in [6.07, 6.45) is 1.65. The predicted molar refractivity (Wildman–Crippen MR) is 47.7 cm³/mol. The summed E-state index contributed by atoms with van der Waals surface area (Å²) in [5.74, 6) is 0. The van der Waals surface area contributed by atoms with E-state index in [1.165, 1.54) is 6.20 Å². The molecule has 0 amide bonds. The van der Waals surface area contributed by atoms with Crippen molar-refractivity contribution >= 4 is 0 Å². The zero-order chi connectivity index (χ0) is 9.84. The molecule has 1 aromatic rings. The number of hydrogen-bond acceptors (Lipinski definition) is 3. The van der Waals surface area contributed by atoms with E-state index in [1.807, 2.05) is 6.92 Å². The first-order chi connectivity index (χ1) is 6.13. The van der Waals surface area contributed by atoms with Crippen molar-refractivity contribution < 1.29 is 5.11 Å². The van der Waals surface area contributed by atoms with Crippen LogP contribution in [0.4, 0.5) is 0 Å². The zero-order valence-electron chi connectivity index (χ0n) is 7.33. The van der Waals surface area contributed by atoms with Gasteiger partial charge in [-0.25, -0.2) is 4.79 Å². The van der Waals surface area contributed by atoms with E-state index < -0.39 is 17.4 Å². The average molecular weight is 184 g/mol. The van der Waals surface area contributed by atoms with E-state index in [9.17, 15) is 14.7 Å². The molecular formula is C8H12N2O3. The number of nitrogens with one attached hydrogen (secondary N) is 2. The van der Waals surface area contributed by atoms with Crippen molar-refractivity contribution in [2.45, 2.75) is 25.9 Å². The van der Waals surface area contributed by atoms with Crippen LogP contribution in [-0.4, -0.2) is 21.2 Å². The maximum Gasteiger partial charge on any atom is 0.325 e. The molecule has 0 fully saturated rings. The Balaban J connectivity index is 2.90. The first kappa shape index (κ1) is 9.73. The SMILES string of the molecule is CCC(O)Cc1c[nH]c(=O)[nH]c1=O. The molecule has 3 N–H and O–H groups in total. The molecule has 1 rings (SSSR count). The van der Waals surface area contributed by atoms with Crippen LogP contribution < -0.4 is 11.2 Å². The van der Waals surface area contributed by atoms with Crippen LogP contribution in [0.15, 0.2) is 15.8 Å². The van der Waals surface area contributed by atoms with E-state index in [2.05, 4.69) is 9.97 Å². The molecule has 0 saturated heterocycles. The van der Waals surface area contributed by atoms with E-state index in [4.69, 9.17) is 0 Å². The van der Waals surface area contributed by atoms with Gasteiger partial charge >= 0.3 is 5.69 Å². The molecule has 0 saturated carbocycles. The van der Waals surface area contributed by atoms with Gasteiger partial charge in [0.25, 0.3) is 5.56 Å². The third-order valence-corrected chi connectivity index (χ3v) is 1.82. The van der Waals surface area contributed by atoms with Gasteiger partial charge in [0.15, 0.2) is 0 Å². The van der Waals surface area contributed by atoms with Crippen LogP contribution in [0.25, 0.3) is 0 Å². The Bertz CT molecular complexity index is 379. The molecule has 0 spiro atoms. The minimum absolute atomic E-state index is 0.266. The first-order valence-electron chi connectivity index (χ1n) is 4.12. The molecule has 0 aliphatic carbocycles. The van der Waals surface area contributed by atoms with Gasteiger partial charge in [-0.2, -0.15) is 0 Å². The first-order valence-corrected chi connectivity index (χ1v) is 4.12. The highest BCUT2D eigenvalue weighted by Crippen LogP contribution is 1.97. The maximum absolute atomic E-state index is 11.1. The van der Waals surface area contributed by atoms with Gasteiger partial charge in [0, 0.05) is 18.2 Å². The van der Waals surface area contributed by atoms with E-state index in [1.54, 1.807) is 0 Å². The fourth-order valence-electron chi connectivity index (χ4n) is 0.987. The second-order valence-corrected chi connectivity index (χ2v) is 2.86. The number of H-pyrrole nitrogens is 2. The molecule has 5 heteroatoms. The quantitative estimate of drug-likeness (QED) is 0.585. The third-order valence-electron chi connectivity index (χ3n) is 1.82. The van der Waals surface area contributed by atoms with Crippen LogP contribution in [0, 0.1) is 0 Å². The number of aromatic nitrogens is 2. The topological polar surface area (TPSA) is 85.9 Å². The van der Waals surface area contributed by atoms with E-state index >= 15 is 0 Å². The van der Waals surface area contributed by atoms with Gasteiger partial charge < -0.3 is 10.1 Å². The smallest absolute Gasteiger partial charge is 0.325 e. The van der Waals surface area contributed by atoms with Crippen molar-refractivity contribution in [3.8, 4) is 0 Å². The van der Waals surface area contributed by atoms with Crippen molar-refractivity contribution in [2.75, 3.05) is 0 Å². The second-order valence-electron chi connectivity index (χ2n) is 2.86. The summed E-state index contributed by atoms with van der Waals surface area (Å²) >= 11 is 0. The summed E-state index contributed by atoms with van der Waals surface area (Å²) in [5, 5.41) is 9.26. The fraction of sp³-hybridized carbons (Fsp3) is 0.500. The molecule has 0 aliphatic rings. The Morgan fingerprint density at radius 2 is 2.23 bits per heavy atom. The monoisotopic (exact) mass is 184 g/mol. The van der Waals surface area contributed by atoms with Crippen LogP contribution in [0.2, 0.25) is 0 Å². The van der Waals surface area contributed by atoms with Crippen LogP contribution in [0.5, 0.6) is 0 Å². The molecule has 1 heterocycles. The summed E-state index contributed by atoms with van der Waals surface area (Å²) in [6, 6.07) is 0. The number of aliphatic hydroxyl groups excluding tert-OH is 1. The Labute approximate surface area is 74.4 Å². The van der Waals surface area contributed by atoms with Gasteiger partial charge in [0.2, 0.25) is 0 Å². The molecule has 1 unspecified atom stereocenters. The molecular weight excluding hydrogens is 172 g/mol. The van der Waals surface area contributed by atoms with Gasteiger partial charge in [0.1, 0.15) is 0 Å². The van der Waals surface area contributed by atoms with Gasteiger partial charge in [-0.05, 0) is 6.42 Å². The lowest BCUT2D eigenvalue weighted by Gasteiger charge is -2.05. The molecule has 0 bridgehead atoms. The summed E-state index contributed by atoms with van der Waals surface area (Å²) < 4.78 is 0. The van der Waals surface area contributed by atoms with Crippen LogP contribution in [-0.2, 0) is 6.42 Å². The Morgan fingerprint density at radius 3 is 2.77 bits per heavy atom. The summed E-state index contributed by atoms with van der Waals surface area (Å²) in [5.41, 5.74) is -0.565. The van der Waals surface area contributed by atoms with E-state index in [0.717, 1.165) is 0 Å². The molecule has 0 aromatic carbocycles. The molecule has 0 radical (unpaired) electrons. The predicted octanol–water partition coefficient (Wildman–Crippen LogP) is -0.623. The molecule has 1 atom stereocenters. The molecule has 1 aromatic heterocycles. The Hall–Kier alpha value is -1.36. The highest BCUT2D eigenvalue weighted by atomic mass is 16.3. The molecule has 13 heavy (non-hydrogen) atoms. The van der Waals surface area contributed by atoms with Crippen molar-refractivity contribution in [1.29, 1.82) is 0 Å². The average Bonchev–Trinajstić information content (AvgIpc) is 2.09. The maximum atomic E-state index is 11.1. The lowest BCUT2D eigenvalue weighted by Crippen LogP contribution is -2.26. The van der Waals surface area contributed by atoms with Crippen molar-refractivity contribution in [3.05, 3.63) is 32.6 Å². The summed E-state index contributed by atoms with van der Waals surface area (Å²) in [4.78, 5) is 26.2. The summed E-state index contributed by atoms with van der Waals surface area (Å²) in [6.45, 7) is 1.82. The van der Waals surface area contributed by atoms with Crippen LogP contribution in [0.3, 0.4) is 0 Å². The second kappa shape index (κ2) is 4.04. The van der Waals surface area contributed by atoms with Crippen molar-refractivity contribution in [3.63, 3.8) is 0 Å². The summed E-state index contributed by atoms with van der Waals surface area (Å²) in [7, 11) is 0. The fourth-order valence-corrected chi connectivity index (χ4v) is 0.987. The van der Waals surface area contributed by atoms with Gasteiger partial charge in [0.05, 0.1) is 6.10 Å². The number of aliphatic hydroxyl groups is 1. The van der Waals surface area contributed by atoms with Gasteiger partial charge in [-0.1, -0.05) is 6.92 Å². The third kappa shape index (κ3) is 2.55. The highest BCUT2D eigenvalue weighted by molar-refractivity contribution is 5.04. The lowest BCUT2D eigenvalue weighted by atomic mass is 10.1. The van der Waals surface area contributed by atoms with Gasteiger partial charge in [-0.15, -0.1) is 0 Å². The minimum atomic E-state index is -0.535. The van der Waals surface area contributed by atoms with Crippen molar-refractivity contribution in [2.24, 2.45) is 0 Å². The van der Waals surface area contributed by atoms with Crippen molar-refractivity contribution in [1.82, 2.24) is 9.97 Å². The normalized spacial score (nSPS) is 12.8. The number of aromatic amines is 2. The van der Waals surface area contributed by atoms with E-state index in [0.29, 0.717) is 12.0 Å². The zero-order valence-corrected chi connectivity index (χ0v) is 7.33. The van der Waals surface area contributed by atoms with Crippen LogP contribution >= 0.6 is 0 Å². The molecule has 0 aliphatic heterocycles. The Morgan fingerprint density at radius 1 is 1.54 bits per heavy atom. The van der Waals surface area contributed by atoms with Gasteiger partial charge in [-0.3, -0.25) is 9.78 Å². The molecule has 72 valence electrons. The standard InChI is InChI=1S/C8H12N2O3/c1-2-6(11)3-5-4-9-8(13)10-7(5)12/h4,6,11H,2-3H2,1H3,(H2,9,10,12,13). The van der Waals surface area contributed by atoms with E-state index in [-0.39, 0.29) is 6.42 Å². The molecule has 5 nitrogen and oxygen atoms in total. The van der Waals surface area contributed by atoms with Crippen LogP contribution in [0.1, 0.15) is 18.9 Å². The highest BCUT2D eigenvalue weighted by Gasteiger charge is 2.06.